The molecule has 0 bridgehead atoms. The number of anilines is 1. The number of rotatable bonds is 6. The average Bonchev–Trinajstić information content (AvgIpc) is 3.14. The molecule has 1 atom stereocenters. The number of nitrogens with one attached hydrogen (secondary N) is 1. The smallest absolute Gasteiger partial charge is 0.252 e. The van der Waals surface area contributed by atoms with Crippen molar-refractivity contribution in [3.63, 3.8) is 0 Å². The summed E-state index contributed by atoms with van der Waals surface area (Å²) in [7, 11) is 5.88. The van der Waals surface area contributed by atoms with Crippen LogP contribution in [0.1, 0.15) is 27.7 Å². The summed E-state index contributed by atoms with van der Waals surface area (Å²) in [4.78, 5) is 31.7. The van der Waals surface area contributed by atoms with E-state index < -0.39 is 0 Å². The zero-order valence-corrected chi connectivity index (χ0v) is 17.1. The molecule has 0 spiro atoms. The van der Waals surface area contributed by atoms with E-state index >= 15 is 0 Å². The molecule has 0 aliphatic carbocycles. The van der Waals surface area contributed by atoms with Gasteiger partial charge in [-0.05, 0) is 27.3 Å². The number of aromatic amines is 1. The Morgan fingerprint density at radius 2 is 2.08 bits per heavy atom. The fraction of sp³-hybridized carbons (Fsp3) is 0.611. The van der Waals surface area contributed by atoms with Crippen LogP contribution in [0, 0.1) is 13.8 Å². The number of aromatic nitrogens is 3. The Morgan fingerprint density at radius 1 is 1.31 bits per heavy atom. The number of H-pyrrole nitrogens is 1. The molecular weight excluding hydrogens is 348 g/mol. The lowest BCUT2D eigenvalue weighted by atomic mass is 10.2. The zero-order valence-electron chi connectivity index (χ0n) is 16.2. The van der Waals surface area contributed by atoms with Crippen molar-refractivity contribution in [2.45, 2.75) is 39.4 Å². The molecular formula is C18H28N6OS. The predicted molar refractivity (Wildman–Crippen MR) is 106 cm³/mol. The van der Waals surface area contributed by atoms with Gasteiger partial charge in [0.2, 0.25) is 5.95 Å². The first kappa shape index (κ1) is 19.0. The van der Waals surface area contributed by atoms with Crippen molar-refractivity contribution in [3.05, 3.63) is 37.7 Å². The molecule has 0 amide bonds. The van der Waals surface area contributed by atoms with Gasteiger partial charge in [-0.1, -0.05) is 0 Å². The molecule has 0 saturated carbocycles. The normalized spacial score (nSPS) is 18.0. The monoisotopic (exact) mass is 376 g/mol. The van der Waals surface area contributed by atoms with Crippen molar-refractivity contribution >= 4 is 17.3 Å². The van der Waals surface area contributed by atoms with Gasteiger partial charge in [-0.3, -0.25) is 19.6 Å². The van der Waals surface area contributed by atoms with Crippen LogP contribution in [0.4, 0.5) is 5.95 Å². The molecule has 1 N–H and O–H groups in total. The maximum atomic E-state index is 11.9. The standard InChI is InChI=1S/C18H28N6OS/c1-12-16(26-13(2)19-12)11-24-7-6-15(10-24)23(5)9-14-8-17(25)21-18(20-14)22(3)4/h8,15H,6-7,9-11H2,1-5H3,(H,20,21,25)/t15-/m1/s1. The first-order valence-electron chi connectivity index (χ1n) is 8.95. The van der Waals surface area contributed by atoms with Crippen molar-refractivity contribution in [2.75, 3.05) is 39.1 Å². The first-order valence-corrected chi connectivity index (χ1v) is 9.76. The Morgan fingerprint density at radius 3 is 2.73 bits per heavy atom. The quantitative estimate of drug-likeness (QED) is 0.826. The number of likely N-dealkylation sites (N-methyl/N-ethyl adjacent to an activating group) is 1. The van der Waals surface area contributed by atoms with E-state index in [9.17, 15) is 4.79 Å². The van der Waals surface area contributed by atoms with Gasteiger partial charge >= 0.3 is 0 Å². The molecule has 2 aromatic heterocycles. The third-order valence-corrected chi connectivity index (χ3v) is 5.91. The second kappa shape index (κ2) is 7.85. The Kier molecular flexibility index (Phi) is 5.74. The maximum Gasteiger partial charge on any atom is 0.252 e. The molecule has 0 aromatic carbocycles. The summed E-state index contributed by atoms with van der Waals surface area (Å²) in [5.74, 6) is 0.602. The topological polar surface area (TPSA) is 68.4 Å². The molecule has 0 unspecified atom stereocenters. The number of thiazole rings is 1. The van der Waals surface area contributed by atoms with Crippen LogP contribution >= 0.6 is 11.3 Å². The average molecular weight is 377 g/mol. The summed E-state index contributed by atoms with van der Waals surface area (Å²) in [6.07, 6.45) is 1.14. The Labute approximate surface area is 158 Å². The molecule has 1 fully saturated rings. The summed E-state index contributed by atoms with van der Waals surface area (Å²) in [6, 6.07) is 2.08. The van der Waals surface area contributed by atoms with Gasteiger partial charge in [0.15, 0.2) is 0 Å². The van der Waals surface area contributed by atoms with Crippen LogP contribution in [0.25, 0.3) is 0 Å². The molecule has 142 valence electrons. The minimum atomic E-state index is -0.101. The molecule has 1 aliphatic heterocycles. The molecule has 3 rings (SSSR count). The molecule has 8 heteroatoms. The number of hydrogen-bond donors (Lipinski definition) is 1. The summed E-state index contributed by atoms with van der Waals surface area (Å²) >= 11 is 1.80. The molecule has 3 heterocycles. The van der Waals surface area contributed by atoms with Crippen molar-refractivity contribution in [3.8, 4) is 0 Å². The van der Waals surface area contributed by atoms with Crippen LogP contribution < -0.4 is 10.5 Å². The fourth-order valence-electron chi connectivity index (χ4n) is 3.41. The van der Waals surface area contributed by atoms with E-state index in [1.54, 1.807) is 17.4 Å². The number of hydrogen-bond acceptors (Lipinski definition) is 7. The summed E-state index contributed by atoms with van der Waals surface area (Å²) < 4.78 is 0. The lowest BCUT2D eigenvalue weighted by Crippen LogP contribution is -2.34. The van der Waals surface area contributed by atoms with Gasteiger partial charge in [-0.2, -0.15) is 0 Å². The van der Waals surface area contributed by atoms with E-state index in [2.05, 4.69) is 45.6 Å². The van der Waals surface area contributed by atoms with Crippen LogP contribution in [-0.4, -0.2) is 65.0 Å². The largest absolute Gasteiger partial charge is 0.348 e. The minimum Gasteiger partial charge on any atom is -0.348 e. The fourth-order valence-corrected chi connectivity index (χ4v) is 4.39. The van der Waals surface area contributed by atoms with E-state index in [1.807, 2.05) is 19.0 Å². The summed E-state index contributed by atoms with van der Waals surface area (Å²) in [6.45, 7) is 7.96. The van der Waals surface area contributed by atoms with E-state index in [1.165, 1.54) is 4.88 Å². The van der Waals surface area contributed by atoms with Gasteiger partial charge in [0.25, 0.3) is 5.56 Å². The molecule has 7 nitrogen and oxygen atoms in total. The summed E-state index contributed by atoms with van der Waals surface area (Å²) in [5.41, 5.74) is 1.87. The Bertz CT molecular complexity index is 814. The highest BCUT2D eigenvalue weighted by Crippen LogP contribution is 2.23. The van der Waals surface area contributed by atoms with Crippen LogP contribution in [0.5, 0.6) is 0 Å². The van der Waals surface area contributed by atoms with Crippen LogP contribution in [0.15, 0.2) is 10.9 Å². The number of likely N-dealkylation sites (tertiary alicyclic amines) is 1. The molecule has 1 saturated heterocycles. The lowest BCUT2D eigenvalue weighted by Gasteiger charge is -2.24. The van der Waals surface area contributed by atoms with Crippen LogP contribution in [-0.2, 0) is 13.1 Å². The second-order valence-electron chi connectivity index (χ2n) is 7.29. The highest BCUT2D eigenvalue weighted by Gasteiger charge is 2.27. The van der Waals surface area contributed by atoms with Crippen molar-refractivity contribution in [1.82, 2.24) is 24.8 Å². The van der Waals surface area contributed by atoms with Gasteiger partial charge < -0.3 is 4.90 Å². The third-order valence-electron chi connectivity index (χ3n) is 4.85. The number of nitrogens with zero attached hydrogens (tertiary/aromatic N) is 5. The molecule has 1 aliphatic rings. The van der Waals surface area contributed by atoms with Gasteiger partial charge in [0.05, 0.1) is 16.4 Å². The highest BCUT2D eigenvalue weighted by molar-refractivity contribution is 7.11. The minimum absolute atomic E-state index is 0.101. The van der Waals surface area contributed by atoms with E-state index in [4.69, 9.17) is 0 Å². The maximum absolute atomic E-state index is 11.9. The SMILES string of the molecule is Cc1nc(C)c(CN2CC[C@@H](N(C)Cc3cc(=O)[nH]c(N(C)C)n3)C2)s1. The Hall–Kier alpha value is -1.77. The van der Waals surface area contributed by atoms with E-state index in [0.29, 0.717) is 18.5 Å². The summed E-state index contributed by atoms with van der Waals surface area (Å²) in [5, 5.41) is 1.14. The predicted octanol–water partition coefficient (Wildman–Crippen LogP) is 1.62. The zero-order chi connectivity index (χ0) is 18.8. The van der Waals surface area contributed by atoms with Crippen LogP contribution in [0.2, 0.25) is 0 Å². The highest BCUT2D eigenvalue weighted by atomic mass is 32.1. The molecule has 0 radical (unpaired) electrons. The van der Waals surface area contributed by atoms with Gasteiger partial charge in [0.1, 0.15) is 0 Å². The Balaban J connectivity index is 1.60. The number of aryl methyl sites for hydroxylation is 2. The van der Waals surface area contributed by atoms with Gasteiger partial charge in [-0.25, -0.2) is 9.97 Å². The first-order chi connectivity index (χ1) is 12.3. The second-order valence-corrected chi connectivity index (χ2v) is 8.58. The van der Waals surface area contributed by atoms with Crippen molar-refractivity contribution in [2.24, 2.45) is 0 Å². The van der Waals surface area contributed by atoms with E-state index in [0.717, 1.165) is 42.5 Å². The van der Waals surface area contributed by atoms with Crippen molar-refractivity contribution in [1.29, 1.82) is 0 Å². The van der Waals surface area contributed by atoms with Gasteiger partial charge in [0, 0.05) is 57.3 Å². The molecule has 26 heavy (non-hydrogen) atoms. The third kappa shape index (κ3) is 4.49. The van der Waals surface area contributed by atoms with Gasteiger partial charge in [-0.15, -0.1) is 11.3 Å². The van der Waals surface area contributed by atoms with Crippen molar-refractivity contribution < 1.29 is 0 Å². The lowest BCUT2D eigenvalue weighted by molar-refractivity contribution is 0.221. The van der Waals surface area contributed by atoms with E-state index in [-0.39, 0.29) is 5.56 Å². The molecule has 2 aromatic rings. The van der Waals surface area contributed by atoms with Crippen LogP contribution in [0.3, 0.4) is 0 Å².